The normalized spacial score (nSPS) is 11.6. The molecule has 0 fully saturated rings. The fourth-order valence-corrected chi connectivity index (χ4v) is 14.1. The third kappa shape index (κ3) is 15.9. The largest absolute Gasteiger partial charge is 0.207 e. The van der Waals surface area contributed by atoms with Gasteiger partial charge in [0.25, 0.3) is 0 Å². The predicted octanol–water partition coefficient (Wildman–Crippen LogP) is 9.34. The van der Waals surface area contributed by atoms with Gasteiger partial charge in [0, 0.05) is 0 Å². The quantitative estimate of drug-likeness (QED) is 0.0139. The maximum atomic E-state index is 15.4. The van der Waals surface area contributed by atoms with Crippen LogP contribution in [0.4, 0.5) is 87.8 Å². The molecule has 0 atom stereocenters. The Hall–Kier alpha value is -7.12. The van der Waals surface area contributed by atoms with Gasteiger partial charge in [-0.25, -0.2) is 87.8 Å². The molecule has 9 nitrogen and oxygen atoms in total. The summed E-state index contributed by atoms with van der Waals surface area (Å²) >= 11 is -2.01. The topological polar surface area (TPSA) is 83.1 Å². The Morgan fingerprint density at radius 2 is 0.418 bits per heavy atom. The summed E-state index contributed by atoms with van der Waals surface area (Å²) in [6, 6.07) is 24.7. The first kappa shape index (κ1) is 72.9. The second kappa shape index (κ2) is 34.0. The first-order valence-electron chi connectivity index (χ1n) is 27.1. The minimum atomic E-state index is -7.22. The van der Waals surface area contributed by atoms with Crippen molar-refractivity contribution in [1.29, 1.82) is 0 Å². The van der Waals surface area contributed by atoms with Gasteiger partial charge in [0.2, 0.25) is 0 Å². The summed E-state index contributed by atoms with van der Waals surface area (Å²) in [5.41, 5.74) is -14.3. The monoisotopic (exact) mass is 1390 g/mol. The summed E-state index contributed by atoms with van der Waals surface area (Å²) in [5, 5.41) is 0. The first-order chi connectivity index (χ1) is 43.5. The summed E-state index contributed by atoms with van der Waals surface area (Å²) in [6.07, 6.45) is -7.22. The Morgan fingerprint density at radius 3 is 0.626 bits per heavy atom. The van der Waals surface area contributed by atoms with Crippen LogP contribution in [0.5, 0.6) is 17.2 Å². The molecule has 0 bridgehead atoms. The van der Waals surface area contributed by atoms with E-state index in [0.29, 0.717) is 99.1 Å². The molecule has 7 aromatic rings. The van der Waals surface area contributed by atoms with Crippen LogP contribution in [-0.4, -0.2) is 119 Å². The van der Waals surface area contributed by atoms with Gasteiger partial charge in [0.05, 0.1) is 0 Å². The van der Waals surface area contributed by atoms with E-state index in [0.717, 1.165) is 30.6 Å². The average molecular weight is 1390 g/mol. The van der Waals surface area contributed by atoms with Crippen molar-refractivity contribution in [3.63, 3.8) is 0 Å². The number of hydrogen-bond donors (Lipinski definition) is 0. The smallest absolute Gasteiger partial charge is 0.200 e. The Labute approximate surface area is 510 Å². The molecule has 0 heterocycles. The van der Waals surface area contributed by atoms with Gasteiger partial charge in [-0.1, -0.05) is 0 Å². The van der Waals surface area contributed by atoms with Crippen molar-refractivity contribution in [2.75, 3.05) is 99.1 Å². The second-order valence-electron chi connectivity index (χ2n) is 18.4. The average Bonchev–Trinajstić information content (AvgIpc) is 0.685. The Morgan fingerprint density at radius 1 is 0.242 bits per heavy atom. The van der Waals surface area contributed by atoms with Crippen LogP contribution in [0.1, 0.15) is 20.8 Å². The zero-order valence-electron chi connectivity index (χ0n) is 47.8. The maximum Gasteiger partial charge on any atom is 0.200 e. The molecule has 0 aliphatic heterocycles. The third-order valence-corrected chi connectivity index (χ3v) is 18.0. The van der Waals surface area contributed by atoms with Crippen molar-refractivity contribution in [2.24, 2.45) is 0 Å². The van der Waals surface area contributed by atoms with Gasteiger partial charge < -0.3 is 0 Å². The molecular formula is C60H51BF20O9Se. The van der Waals surface area contributed by atoms with Crippen LogP contribution in [0.15, 0.2) is 72.8 Å². The van der Waals surface area contributed by atoms with E-state index in [1.807, 2.05) is 57.2 Å². The zero-order valence-corrected chi connectivity index (χ0v) is 49.5. The van der Waals surface area contributed by atoms with Crippen molar-refractivity contribution in [1.82, 2.24) is 0 Å². The summed E-state index contributed by atoms with van der Waals surface area (Å²) in [5.74, 6) is -68.9. The maximum absolute atomic E-state index is 15.4. The molecule has 0 saturated heterocycles. The molecule has 0 aliphatic carbocycles. The molecule has 7 aromatic carbocycles. The number of halogens is 20. The molecule has 0 saturated carbocycles. The van der Waals surface area contributed by atoms with Gasteiger partial charge in [0.15, 0.2) is 69.8 Å². The Kier molecular flexibility index (Phi) is 27.2. The van der Waals surface area contributed by atoms with Gasteiger partial charge in [-0.15, -0.1) is 21.9 Å². The molecule has 31 heteroatoms. The molecule has 0 N–H and O–H groups in total. The van der Waals surface area contributed by atoms with Crippen LogP contribution in [0.25, 0.3) is 0 Å². The molecule has 0 spiro atoms. The second-order valence-corrected chi connectivity index (χ2v) is 22.5. The van der Waals surface area contributed by atoms with E-state index in [1.54, 1.807) is 0 Å². The van der Waals surface area contributed by atoms with E-state index in [2.05, 4.69) is 36.4 Å². The van der Waals surface area contributed by atoms with Gasteiger partial charge in [-0.2, -0.15) is 0 Å². The van der Waals surface area contributed by atoms with Gasteiger partial charge in [-0.05, 0) is 0 Å². The molecule has 494 valence electrons. The molecule has 0 amide bonds. The van der Waals surface area contributed by atoms with Crippen LogP contribution < -0.4 is 49.4 Å². The van der Waals surface area contributed by atoms with Crippen LogP contribution in [0.3, 0.4) is 0 Å². The van der Waals surface area contributed by atoms with Gasteiger partial charge in [-0.3, -0.25) is 0 Å². The summed E-state index contributed by atoms with van der Waals surface area (Å²) in [7, 11) is 0. The van der Waals surface area contributed by atoms with Crippen molar-refractivity contribution in [2.45, 2.75) is 20.8 Å². The number of hydrogen-bond acceptors (Lipinski definition) is 9. The zero-order chi connectivity index (χ0) is 66.9. The van der Waals surface area contributed by atoms with Crippen molar-refractivity contribution < 1.29 is 130 Å². The SMILES string of the molecule is CCOCCOCCOc1ccccc1[Se+](c1ccccc1OCCOCCOCC)c1ccccc1OCCOCCOCC.Fc1c(F)c(F)c([B-](c2c(F)c(F)c(F)c(F)c2F)(c2c(F)c(F)c(F)c(F)c2F)c2c(F)c(F)c(F)c(F)c2F)c(F)c1F. The van der Waals surface area contributed by atoms with Crippen molar-refractivity contribution in [3.05, 3.63) is 189 Å². The first-order valence-corrected chi connectivity index (χ1v) is 29.7. The summed E-state index contributed by atoms with van der Waals surface area (Å²) in [4.78, 5) is 0. The van der Waals surface area contributed by atoms with Gasteiger partial charge >= 0.3 is 280 Å². The van der Waals surface area contributed by atoms with Crippen LogP contribution in [0, 0.1) is 116 Å². The minimum absolute atomic E-state index is 0.427. The van der Waals surface area contributed by atoms with Crippen LogP contribution in [0.2, 0.25) is 0 Å². The van der Waals surface area contributed by atoms with E-state index in [9.17, 15) is 52.7 Å². The van der Waals surface area contributed by atoms with E-state index in [4.69, 9.17) is 42.6 Å². The molecule has 7 rings (SSSR count). The fourth-order valence-electron chi connectivity index (χ4n) is 9.17. The molecular weight excluding hydrogens is 1330 g/mol. The van der Waals surface area contributed by atoms with E-state index in [-0.39, 0.29) is 0 Å². The van der Waals surface area contributed by atoms with Crippen LogP contribution in [-0.2, 0) is 28.4 Å². The molecule has 91 heavy (non-hydrogen) atoms. The van der Waals surface area contributed by atoms with Gasteiger partial charge in [0.1, 0.15) is 52.7 Å². The Balaban J connectivity index is 0.000000289. The summed E-state index contributed by atoms with van der Waals surface area (Å²) in [6.45, 7) is 14.0. The van der Waals surface area contributed by atoms with E-state index >= 15 is 35.1 Å². The molecule has 0 unspecified atom stereocenters. The number of ether oxygens (including phenoxy) is 9. The Bertz CT molecular complexity index is 3100. The minimum Gasteiger partial charge on any atom is -0.207 e. The molecule has 0 radical (unpaired) electrons. The fraction of sp³-hybridized carbons (Fsp3) is 0.300. The van der Waals surface area contributed by atoms with E-state index < -0.39 is 158 Å². The predicted molar refractivity (Wildman–Crippen MR) is 292 cm³/mol. The number of benzene rings is 7. The van der Waals surface area contributed by atoms with Crippen molar-refractivity contribution in [3.8, 4) is 17.2 Å². The standard InChI is InChI=1S/C36H51O9Se.C24BF20/c1-4-37-19-22-40-25-28-43-31-13-7-10-16-34(31)46(35-17-11-8-14-32(35)44-29-26-41-23-20-38-5-2)36-18-12-9-15-33(36)45-30-27-42-24-21-39-6-3;26-5-1(6(27)14(35)21(42)13(5)34)25(2-7(28)15(36)22(43)16(37)8(2)29,3-9(30)17(38)23(44)18(39)10(3)31)4-11(32)19(40)24(45)20(41)12(4)33/h7-18H,4-6,19-30H2,1-3H3;/q+1;-1. The molecule has 0 aliphatic rings. The number of rotatable bonds is 31. The van der Waals surface area contributed by atoms with E-state index in [1.165, 1.54) is 0 Å². The van der Waals surface area contributed by atoms with Crippen molar-refractivity contribution >= 4 is 55.3 Å². The van der Waals surface area contributed by atoms with Crippen LogP contribution >= 0.6 is 0 Å². The number of para-hydroxylation sites is 3. The molecule has 0 aromatic heterocycles. The summed E-state index contributed by atoms with van der Waals surface area (Å²) < 4.78 is 350. The third-order valence-electron chi connectivity index (χ3n) is 13.1.